The summed E-state index contributed by atoms with van der Waals surface area (Å²) < 4.78 is 6.17. The predicted molar refractivity (Wildman–Crippen MR) is 108 cm³/mol. The van der Waals surface area contributed by atoms with E-state index in [0.29, 0.717) is 24.4 Å². The molecular weight excluding hydrogens is 340 g/mol. The number of rotatable bonds is 7. The molecule has 2 fully saturated rings. The summed E-state index contributed by atoms with van der Waals surface area (Å²) in [4.78, 5) is 19.4. The first-order chi connectivity index (χ1) is 13.1. The third-order valence-electron chi connectivity index (χ3n) is 7.00. The number of nitrogens with one attached hydrogen (secondary N) is 1. The number of hydrazine groups is 1. The second kappa shape index (κ2) is 9.37. The molecule has 6 heteroatoms. The van der Waals surface area contributed by atoms with Crippen molar-refractivity contribution in [2.75, 3.05) is 20.3 Å². The second-order valence-electron chi connectivity index (χ2n) is 9.07. The third kappa shape index (κ3) is 4.83. The molecule has 2 atom stereocenters. The van der Waals surface area contributed by atoms with Gasteiger partial charge < -0.3 is 4.74 Å². The standard InChI is InChI=1S/C21H38N4O2/c1-16(18-11-7-4-8-12-18)14-27-15-21(13-17-9-5-3-6-10-17)19(26)25(2)20(23-21)24-22/h16-18H,3-15,22H2,1-2H3,(H,23,24). The van der Waals surface area contributed by atoms with E-state index < -0.39 is 5.54 Å². The van der Waals surface area contributed by atoms with Crippen LogP contribution in [0.3, 0.4) is 0 Å². The average Bonchev–Trinajstić information content (AvgIpc) is 2.94. The van der Waals surface area contributed by atoms with Crippen molar-refractivity contribution in [3.05, 3.63) is 0 Å². The lowest BCUT2D eigenvalue weighted by atomic mass is 9.79. The molecule has 6 nitrogen and oxygen atoms in total. The molecule has 2 aliphatic carbocycles. The van der Waals surface area contributed by atoms with Gasteiger partial charge in [0.25, 0.3) is 5.91 Å². The highest BCUT2D eigenvalue weighted by Gasteiger charge is 2.48. The number of amides is 1. The second-order valence-corrected chi connectivity index (χ2v) is 9.07. The quantitative estimate of drug-likeness (QED) is 0.526. The van der Waals surface area contributed by atoms with Crippen LogP contribution in [-0.2, 0) is 9.53 Å². The number of hydrogen-bond acceptors (Lipinski definition) is 5. The molecule has 0 radical (unpaired) electrons. The Morgan fingerprint density at radius 3 is 2.41 bits per heavy atom. The first-order valence-electron chi connectivity index (χ1n) is 11.0. The molecule has 3 aliphatic rings. The number of likely N-dealkylation sites (N-methyl/N-ethyl adjacent to an activating group) is 1. The Labute approximate surface area is 164 Å². The maximum absolute atomic E-state index is 13.1. The molecule has 1 aliphatic heterocycles. The SMILES string of the molecule is CC(COCC1(CC2CCCCC2)N=C(NN)N(C)C1=O)C1CCCCC1. The lowest BCUT2D eigenvalue weighted by molar-refractivity contribution is -0.133. The molecule has 1 heterocycles. The number of carbonyl (C=O) groups excluding carboxylic acids is 1. The van der Waals surface area contributed by atoms with E-state index >= 15 is 0 Å². The van der Waals surface area contributed by atoms with Gasteiger partial charge in [-0.2, -0.15) is 0 Å². The van der Waals surface area contributed by atoms with E-state index in [9.17, 15) is 4.79 Å². The number of nitrogens with zero attached hydrogens (tertiary/aromatic N) is 2. The van der Waals surface area contributed by atoms with Crippen molar-refractivity contribution < 1.29 is 9.53 Å². The number of guanidine groups is 1. The summed E-state index contributed by atoms with van der Waals surface area (Å²) in [6.45, 7) is 3.38. The van der Waals surface area contributed by atoms with E-state index in [2.05, 4.69) is 12.3 Å². The highest BCUT2D eigenvalue weighted by molar-refractivity contribution is 6.07. The zero-order valence-electron chi connectivity index (χ0n) is 17.2. The first kappa shape index (κ1) is 20.6. The van der Waals surface area contributed by atoms with Crippen LogP contribution in [0.2, 0.25) is 0 Å². The topological polar surface area (TPSA) is 80.0 Å². The molecule has 1 amide bonds. The normalized spacial score (nSPS) is 29.1. The zero-order valence-corrected chi connectivity index (χ0v) is 17.2. The van der Waals surface area contributed by atoms with Crippen LogP contribution >= 0.6 is 0 Å². The Bertz CT molecular complexity index is 526. The Morgan fingerprint density at radius 2 is 1.81 bits per heavy atom. The Hall–Kier alpha value is -1.14. The molecule has 0 bridgehead atoms. The molecule has 0 saturated heterocycles. The van der Waals surface area contributed by atoms with Gasteiger partial charge in [0.05, 0.1) is 6.61 Å². The van der Waals surface area contributed by atoms with Gasteiger partial charge in [0.15, 0.2) is 5.54 Å². The van der Waals surface area contributed by atoms with Gasteiger partial charge in [-0.25, -0.2) is 10.8 Å². The van der Waals surface area contributed by atoms with Crippen molar-refractivity contribution in [3.8, 4) is 0 Å². The summed E-state index contributed by atoms with van der Waals surface area (Å²) in [5, 5.41) is 0. The largest absolute Gasteiger partial charge is 0.378 e. The maximum Gasteiger partial charge on any atom is 0.259 e. The summed E-state index contributed by atoms with van der Waals surface area (Å²) in [6.07, 6.45) is 13.7. The summed E-state index contributed by atoms with van der Waals surface area (Å²) in [5.74, 6) is 7.94. The van der Waals surface area contributed by atoms with Crippen molar-refractivity contribution in [2.24, 2.45) is 28.6 Å². The van der Waals surface area contributed by atoms with E-state index in [-0.39, 0.29) is 5.91 Å². The predicted octanol–water partition coefficient (Wildman–Crippen LogP) is 3.22. The van der Waals surface area contributed by atoms with E-state index in [1.54, 1.807) is 11.9 Å². The van der Waals surface area contributed by atoms with Gasteiger partial charge in [-0.3, -0.25) is 15.1 Å². The van der Waals surface area contributed by atoms with Crippen molar-refractivity contribution >= 4 is 11.9 Å². The van der Waals surface area contributed by atoms with E-state index in [0.717, 1.165) is 18.9 Å². The van der Waals surface area contributed by atoms with Crippen molar-refractivity contribution in [1.29, 1.82) is 0 Å². The van der Waals surface area contributed by atoms with Gasteiger partial charge in [-0.05, 0) is 24.2 Å². The summed E-state index contributed by atoms with van der Waals surface area (Å²) >= 11 is 0. The minimum atomic E-state index is -0.801. The number of ether oxygens (including phenoxy) is 1. The van der Waals surface area contributed by atoms with Gasteiger partial charge in [-0.15, -0.1) is 0 Å². The fourth-order valence-corrected chi connectivity index (χ4v) is 5.27. The van der Waals surface area contributed by atoms with Crippen molar-refractivity contribution in [3.63, 3.8) is 0 Å². The molecule has 0 aromatic carbocycles. The molecule has 2 unspecified atom stereocenters. The van der Waals surface area contributed by atoms with Crippen LogP contribution in [0.5, 0.6) is 0 Å². The van der Waals surface area contributed by atoms with Crippen LogP contribution in [0, 0.1) is 17.8 Å². The molecule has 154 valence electrons. The molecule has 0 spiro atoms. The highest BCUT2D eigenvalue weighted by Crippen LogP contribution is 2.36. The van der Waals surface area contributed by atoms with Crippen LogP contribution in [0.1, 0.15) is 77.6 Å². The maximum atomic E-state index is 13.1. The smallest absolute Gasteiger partial charge is 0.259 e. The van der Waals surface area contributed by atoms with Gasteiger partial charge in [0, 0.05) is 13.7 Å². The Kier molecular flexibility index (Phi) is 7.15. The van der Waals surface area contributed by atoms with Gasteiger partial charge >= 0.3 is 0 Å². The van der Waals surface area contributed by atoms with Crippen LogP contribution in [0.25, 0.3) is 0 Å². The van der Waals surface area contributed by atoms with Crippen LogP contribution < -0.4 is 11.3 Å². The van der Waals surface area contributed by atoms with Crippen LogP contribution in [0.15, 0.2) is 4.99 Å². The number of aliphatic imine (C=N–C) groups is 1. The van der Waals surface area contributed by atoms with Gasteiger partial charge in [0.2, 0.25) is 5.96 Å². The minimum absolute atomic E-state index is 0.0198. The summed E-state index contributed by atoms with van der Waals surface area (Å²) in [6, 6.07) is 0. The fourth-order valence-electron chi connectivity index (χ4n) is 5.27. The molecule has 0 aromatic heterocycles. The van der Waals surface area contributed by atoms with Gasteiger partial charge in [0.1, 0.15) is 0 Å². The van der Waals surface area contributed by atoms with Crippen LogP contribution in [0.4, 0.5) is 0 Å². The molecule has 3 N–H and O–H groups in total. The minimum Gasteiger partial charge on any atom is -0.378 e. The zero-order chi connectivity index (χ0) is 19.3. The number of nitrogens with two attached hydrogens (primary N) is 1. The van der Waals surface area contributed by atoms with E-state index in [1.807, 2.05) is 0 Å². The molecule has 3 rings (SSSR count). The van der Waals surface area contributed by atoms with E-state index in [4.69, 9.17) is 15.6 Å². The lowest BCUT2D eigenvalue weighted by Gasteiger charge is -2.32. The van der Waals surface area contributed by atoms with Crippen molar-refractivity contribution in [2.45, 2.75) is 83.1 Å². The summed E-state index contributed by atoms with van der Waals surface area (Å²) in [7, 11) is 1.74. The van der Waals surface area contributed by atoms with Crippen LogP contribution in [-0.4, -0.2) is 42.6 Å². The summed E-state index contributed by atoms with van der Waals surface area (Å²) in [5.41, 5.74) is 1.79. The monoisotopic (exact) mass is 378 g/mol. The molecule has 2 saturated carbocycles. The van der Waals surface area contributed by atoms with Gasteiger partial charge in [-0.1, -0.05) is 71.1 Å². The third-order valence-corrected chi connectivity index (χ3v) is 7.00. The Balaban J connectivity index is 1.63. The van der Waals surface area contributed by atoms with Crippen molar-refractivity contribution in [1.82, 2.24) is 10.3 Å². The molecule has 0 aromatic rings. The average molecular weight is 379 g/mol. The fraction of sp³-hybridized carbons (Fsp3) is 0.905. The Morgan fingerprint density at radius 1 is 1.19 bits per heavy atom. The highest BCUT2D eigenvalue weighted by atomic mass is 16.5. The molecular formula is C21H38N4O2. The molecule has 27 heavy (non-hydrogen) atoms. The first-order valence-corrected chi connectivity index (χ1v) is 11.0. The number of hydrogen-bond donors (Lipinski definition) is 2. The van der Waals surface area contributed by atoms with E-state index in [1.165, 1.54) is 64.2 Å². The number of carbonyl (C=O) groups is 1. The lowest BCUT2D eigenvalue weighted by Crippen LogP contribution is -2.48.